The third-order valence-corrected chi connectivity index (χ3v) is 4.63. The molecule has 0 atom stereocenters. The van der Waals surface area contributed by atoms with Crippen LogP contribution >= 0.6 is 0 Å². The van der Waals surface area contributed by atoms with Gasteiger partial charge in [0.25, 0.3) is 5.91 Å². The number of hydrogen-bond acceptors (Lipinski definition) is 6. The van der Waals surface area contributed by atoms with Gasteiger partial charge in [-0.2, -0.15) is 5.10 Å². The number of amides is 1. The Morgan fingerprint density at radius 3 is 2.35 bits per heavy atom. The molecule has 0 aliphatic carbocycles. The van der Waals surface area contributed by atoms with Crippen molar-refractivity contribution >= 4 is 28.1 Å². The zero-order valence-corrected chi connectivity index (χ0v) is 14.7. The Morgan fingerprint density at radius 1 is 1.08 bits per heavy atom. The monoisotopic (exact) mass is 375 g/mol. The highest BCUT2D eigenvalue weighted by molar-refractivity contribution is 7.89. The number of ether oxygens (including phenoxy) is 1. The third kappa shape index (κ3) is 5.50. The van der Waals surface area contributed by atoms with Crippen molar-refractivity contribution in [2.45, 2.75) is 4.90 Å². The molecule has 2 N–H and O–H groups in total. The van der Waals surface area contributed by atoms with Gasteiger partial charge >= 0.3 is 5.97 Å². The van der Waals surface area contributed by atoms with Crippen molar-refractivity contribution in [2.24, 2.45) is 5.10 Å². The second-order valence-corrected chi connectivity index (χ2v) is 6.81. The summed E-state index contributed by atoms with van der Waals surface area (Å²) in [5.41, 5.74) is 3.25. The number of carbonyl (C=O) groups is 2. The van der Waals surface area contributed by atoms with Crippen molar-refractivity contribution in [3.63, 3.8) is 0 Å². The van der Waals surface area contributed by atoms with Crippen LogP contribution in [0.25, 0.3) is 0 Å². The maximum Gasteiger partial charge on any atom is 0.337 e. The molecule has 0 heterocycles. The van der Waals surface area contributed by atoms with Gasteiger partial charge in [-0.1, -0.05) is 30.3 Å². The lowest BCUT2D eigenvalue weighted by Crippen LogP contribution is -2.34. The maximum absolute atomic E-state index is 12.0. The molecule has 0 saturated carbocycles. The largest absolute Gasteiger partial charge is 0.465 e. The number of carbonyl (C=O) groups excluding carboxylic acids is 2. The zero-order valence-electron chi connectivity index (χ0n) is 13.9. The number of hydrogen-bond donors (Lipinski definition) is 2. The van der Waals surface area contributed by atoms with Gasteiger partial charge in [-0.25, -0.2) is 23.4 Å². The molecule has 136 valence electrons. The summed E-state index contributed by atoms with van der Waals surface area (Å²) < 4.78 is 30.7. The highest BCUT2D eigenvalue weighted by Crippen LogP contribution is 2.06. The van der Waals surface area contributed by atoms with Gasteiger partial charge in [0.15, 0.2) is 0 Å². The van der Waals surface area contributed by atoms with E-state index < -0.39 is 28.4 Å². The quantitative estimate of drug-likeness (QED) is 0.424. The smallest absolute Gasteiger partial charge is 0.337 e. The number of hydrazone groups is 1. The van der Waals surface area contributed by atoms with E-state index >= 15 is 0 Å². The molecule has 0 aromatic heterocycles. The highest BCUT2D eigenvalue weighted by Gasteiger charge is 2.14. The van der Waals surface area contributed by atoms with Crippen LogP contribution in [0.15, 0.2) is 64.6 Å². The molecule has 2 rings (SSSR count). The minimum absolute atomic E-state index is 0.0713. The second kappa shape index (κ2) is 8.88. The summed E-state index contributed by atoms with van der Waals surface area (Å²) >= 11 is 0. The number of methoxy groups -OCH3 is 1. The van der Waals surface area contributed by atoms with Crippen LogP contribution in [0.3, 0.4) is 0 Å². The minimum Gasteiger partial charge on any atom is -0.465 e. The Bertz CT molecular complexity index is 894. The Labute approximate surface area is 150 Å². The van der Waals surface area contributed by atoms with Crippen LogP contribution in [0, 0.1) is 0 Å². The van der Waals surface area contributed by atoms with Gasteiger partial charge in [0, 0.05) is 0 Å². The summed E-state index contributed by atoms with van der Waals surface area (Å²) in [6.07, 6.45) is 1.37. The first kappa shape index (κ1) is 19.3. The molecule has 0 aliphatic rings. The molecule has 2 aromatic rings. The maximum atomic E-state index is 12.0. The fourth-order valence-corrected chi connectivity index (χ4v) is 2.89. The molecule has 26 heavy (non-hydrogen) atoms. The van der Waals surface area contributed by atoms with Crippen molar-refractivity contribution in [3.05, 3.63) is 65.7 Å². The second-order valence-electron chi connectivity index (χ2n) is 5.04. The first-order chi connectivity index (χ1) is 12.4. The Hall–Kier alpha value is -3.04. The SMILES string of the molecule is COC(=O)c1ccc(/C=N/NC(=O)CNS(=O)(=O)c2ccccc2)cc1. The molecule has 0 bridgehead atoms. The van der Waals surface area contributed by atoms with Crippen LogP contribution < -0.4 is 10.1 Å². The molecule has 0 fully saturated rings. The highest BCUT2D eigenvalue weighted by atomic mass is 32.2. The van der Waals surface area contributed by atoms with Gasteiger partial charge in [-0.05, 0) is 29.8 Å². The average molecular weight is 375 g/mol. The molecule has 0 unspecified atom stereocenters. The average Bonchev–Trinajstić information content (AvgIpc) is 2.67. The van der Waals surface area contributed by atoms with E-state index in [1.165, 1.54) is 25.5 Å². The molecule has 1 amide bonds. The van der Waals surface area contributed by atoms with Crippen molar-refractivity contribution in [2.75, 3.05) is 13.7 Å². The van der Waals surface area contributed by atoms with Gasteiger partial charge in [-0.15, -0.1) is 0 Å². The number of nitrogens with zero attached hydrogens (tertiary/aromatic N) is 1. The summed E-state index contributed by atoms with van der Waals surface area (Å²) in [5, 5.41) is 3.73. The lowest BCUT2D eigenvalue weighted by Gasteiger charge is -2.05. The molecule has 0 saturated heterocycles. The van der Waals surface area contributed by atoms with Crippen molar-refractivity contribution < 1.29 is 22.7 Å². The van der Waals surface area contributed by atoms with Crippen LogP contribution in [-0.4, -0.2) is 40.2 Å². The molecular formula is C17H17N3O5S. The number of nitrogens with one attached hydrogen (secondary N) is 2. The first-order valence-electron chi connectivity index (χ1n) is 7.47. The van der Waals surface area contributed by atoms with Gasteiger partial charge in [0.1, 0.15) is 0 Å². The van der Waals surface area contributed by atoms with Crippen molar-refractivity contribution in [1.29, 1.82) is 0 Å². The predicted octanol–water partition coefficient (Wildman–Crippen LogP) is 0.902. The van der Waals surface area contributed by atoms with E-state index in [1.807, 2.05) is 0 Å². The molecular weight excluding hydrogens is 358 g/mol. The Balaban J connectivity index is 1.85. The van der Waals surface area contributed by atoms with Crippen LogP contribution in [0.2, 0.25) is 0 Å². The molecule has 0 radical (unpaired) electrons. The van der Waals surface area contributed by atoms with Gasteiger partial charge in [-0.3, -0.25) is 4.79 Å². The van der Waals surface area contributed by atoms with E-state index in [0.717, 1.165) is 0 Å². The van der Waals surface area contributed by atoms with Gasteiger partial charge in [0.2, 0.25) is 10.0 Å². The van der Waals surface area contributed by atoms with Crippen molar-refractivity contribution in [1.82, 2.24) is 10.1 Å². The van der Waals surface area contributed by atoms with E-state index in [9.17, 15) is 18.0 Å². The summed E-state index contributed by atoms with van der Waals surface area (Å²) in [6, 6.07) is 14.1. The van der Waals surface area contributed by atoms with Crippen LogP contribution in [0.4, 0.5) is 0 Å². The van der Waals surface area contributed by atoms with E-state index in [-0.39, 0.29) is 4.90 Å². The van der Waals surface area contributed by atoms with Gasteiger partial charge < -0.3 is 4.74 Å². The molecule has 8 nitrogen and oxygen atoms in total. The summed E-state index contributed by atoms with van der Waals surface area (Å²) in [6.45, 7) is -0.449. The normalized spacial score (nSPS) is 11.3. The van der Waals surface area contributed by atoms with E-state index in [4.69, 9.17) is 0 Å². The fraction of sp³-hybridized carbons (Fsp3) is 0.118. The Kier molecular flexibility index (Phi) is 6.59. The number of benzene rings is 2. The summed E-state index contributed by atoms with van der Waals surface area (Å²) in [4.78, 5) is 23.1. The lowest BCUT2D eigenvalue weighted by atomic mass is 10.1. The zero-order chi connectivity index (χ0) is 19.0. The van der Waals surface area contributed by atoms with Crippen LogP contribution in [0.5, 0.6) is 0 Å². The first-order valence-corrected chi connectivity index (χ1v) is 8.96. The number of sulfonamides is 1. The molecule has 0 spiro atoms. The fourth-order valence-electron chi connectivity index (χ4n) is 1.88. The summed E-state index contributed by atoms with van der Waals surface area (Å²) in [7, 11) is -2.46. The Morgan fingerprint density at radius 2 is 1.73 bits per heavy atom. The standard InChI is InChI=1S/C17H17N3O5S/c1-25-17(22)14-9-7-13(8-10-14)11-18-20-16(21)12-19-26(23,24)15-5-3-2-4-6-15/h2-11,19H,12H2,1H3,(H,20,21)/b18-11+. The number of esters is 1. The number of rotatable bonds is 7. The van der Waals surface area contributed by atoms with E-state index in [2.05, 4.69) is 20.0 Å². The third-order valence-electron chi connectivity index (χ3n) is 3.21. The van der Waals surface area contributed by atoms with Crippen LogP contribution in [-0.2, 0) is 19.6 Å². The molecule has 2 aromatic carbocycles. The van der Waals surface area contributed by atoms with E-state index in [1.54, 1.807) is 42.5 Å². The van der Waals surface area contributed by atoms with Crippen LogP contribution in [0.1, 0.15) is 15.9 Å². The van der Waals surface area contributed by atoms with Gasteiger partial charge in [0.05, 0.1) is 30.3 Å². The minimum atomic E-state index is -3.75. The lowest BCUT2D eigenvalue weighted by molar-refractivity contribution is -0.119. The molecule has 9 heteroatoms. The molecule has 0 aliphatic heterocycles. The topological polar surface area (TPSA) is 114 Å². The predicted molar refractivity (Wildman–Crippen MR) is 95.1 cm³/mol. The van der Waals surface area contributed by atoms with E-state index in [0.29, 0.717) is 11.1 Å². The van der Waals surface area contributed by atoms with Crippen molar-refractivity contribution in [3.8, 4) is 0 Å². The summed E-state index contributed by atoms with van der Waals surface area (Å²) in [5.74, 6) is -1.07.